The lowest BCUT2D eigenvalue weighted by Crippen LogP contribution is -1.89. The van der Waals surface area contributed by atoms with Crippen molar-refractivity contribution in [3.05, 3.63) is 207 Å². The highest BCUT2D eigenvalue weighted by Gasteiger charge is 2.12. The van der Waals surface area contributed by atoms with Gasteiger partial charge in [-0.25, -0.2) is 0 Å². The largest absolute Gasteiger partial charge is 0.265 e. The molecule has 0 amide bonds. The van der Waals surface area contributed by atoms with Gasteiger partial charge in [-0.05, 0) is 150 Å². The lowest BCUT2D eigenvalue weighted by Gasteiger charge is -2.14. The maximum Gasteiger partial charge on any atom is 0.0346 e. The Morgan fingerprint density at radius 3 is 1.11 bits per heavy atom. The van der Waals surface area contributed by atoms with E-state index in [0.717, 1.165) is 72.3 Å². The summed E-state index contributed by atoms with van der Waals surface area (Å²) in [6, 6.07) is 56.9. The molecule has 4 heteroatoms. The summed E-state index contributed by atoms with van der Waals surface area (Å²) >= 11 is 0. The Labute approximate surface area is 325 Å². The van der Waals surface area contributed by atoms with E-state index < -0.39 is 0 Å². The van der Waals surface area contributed by atoms with Crippen LogP contribution in [0.25, 0.3) is 99.4 Å². The third-order valence-electron chi connectivity index (χ3n) is 10.6. The Bertz CT molecular complexity index is 2880. The lowest BCUT2D eigenvalue weighted by atomic mass is 9.90. The number of aromatic nitrogens is 4. The smallest absolute Gasteiger partial charge is 0.0346 e. The summed E-state index contributed by atoms with van der Waals surface area (Å²) in [7, 11) is 0. The molecule has 10 aromatic rings. The van der Waals surface area contributed by atoms with E-state index >= 15 is 0 Å². The number of nitrogens with zero attached hydrogens (tertiary/aromatic N) is 4. The molecule has 0 aliphatic heterocycles. The van der Waals surface area contributed by atoms with Gasteiger partial charge in [-0.1, -0.05) is 84.9 Å². The van der Waals surface area contributed by atoms with Crippen LogP contribution in [-0.4, -0.2) is 19.9 Å². The number of benzene rings is 6. The van der Waals surface area contributed by atoms with Crippen molar-refractivity contribution < 1.29 is 0 Å². The van der Waals surface area contributed by atoms with Crippen LogP contribution in [0, 0.1) is 0 Å². The molecular formula is C52H34N4. The van der Waals surface area contributed by atoms with Crippen LogP contribution in [0.4, 0.5) is 0 Å². The molecule has 4 nitrogen and oxygen atoms in total. The Balaban J connectivity index is 1.11. The number of rotatable bonds is 7. The van der Waals surface area contributed by atoms with Gasteiger partial charge in [0, 0.05) is 71.8 Å². The van der Waals surface area contributed by atoms with Crippen molar-refractivity contribution in [3.8, 4) is 77.9 Å². The first-order valence-corrected chi connectivity index (χ1v) is 18.7. The quantitative estimate of drug-likeness (QED) is 0.154. The molecule has 0 N–H and O–H groups in total. The van der Waals surface area contributed by atoms with Crippen molar-refractivity contribution in [1.82, 2.24) is 19.9 Å². The van der Waals surface area contributed by atoms with Crippen LogP contribution in [0.2, 0.25) is 0 Å². The Morgan fingerprint density at radius 1 is 0.214 bits per heavy atom. The first-order valence-electron chi connectivity index (χ1n) is 18.7. The van der Waals surface area contributed by atoms with E-state index in [0.29, 0.717) is 0 Å². The van der Waals surface area contributed by atoms with E-state index in [1.807, 2.05) is 73.8 Å². The summed E-state index contributed by atoms with van der Waals surface area (Å²) in [5, 5.41) is 4.98. The standard InChI is InChI=1S/C52H34N4/c1-2-10-51-37(5-1)11-12-38-13-14-43(30-52(38)51)46-26-44(39-6-3-8-41(23-39)49-28-47(31-55-33-49)35-15-19-53-20-16-35)25-45(27-46)40-7-4-9-42(24-40)50-29-48(32-56-34-50)36-17-21-54-22-18-36/h1-34H. The predicted octanol–water partition coefficient (Wildman–Crippen LogP) is 13.2. The van der Waals surface area contributed by atoms with E-state index in [9.17, 15) is 0 Å². The minimum atomic E-state index is 1.06. The van der Waals surface area contributed by atoms with Crippen LogP contribution >= 0.6 is 0 Å². The summed E-state index contributed by atoms with van der Waals surface area (Å²) in [5.41, 5.74) is 15.5. The maximum atomic E-state index is 4.62. The van der Waals surface area contributed by atoms with Crippen LogP contribution in [0.5, 0.6) is 0 Å². The van der Waals surface area contributed by atoms with Crippen molar-refractivity contribution in [2.45, 2.75) is 0 Å². The van der Waals surface area contributed by atoms with Crippen molar-refractivity contribution in [2.75, 3.05) is 0 Å². The number of pyridine rings is 4. The van der Waals surface area contributed by atoms with Crippen LogP contribution < -0.4 is 0 Å². The third-order valence-corrected chi connectivity index (χ3v) is 10.6. The summed E-state index contributed by atoms with van der Waals surface area (Å²) in [5.74, 6) is 0. The van der Waals surface area contributed by atoms with Gasteiger partial charge < -0.3 is 0 Å². The first-order chi connectivity index (χ1) is 27.7. The number of fused-ring (bicyclic) bond motifs is 3. The second-order valence-electron chi connectivity index (χ2n) is 14.1. The molecular weight excluding hydrogens is 681 g/mol. The molecule has 0 fully saturated rings. The second kappa shape index (κ2) is 14.3. The average molecular weight is 715 g/mol. The SMILES string of the molecule is c1cc(-c2cncc(-c3ccncc3)c2)cc(-c2cc(-c3cccc(-c4cncc(-c5ccncc5)c4)c3)cc(-c3ccc4ccc5ccccc5c4c3)c2)c1. The normalized spacial score (nSPS) is 11.2. The lowest BCUT2D eigenvalue weighted by molar-refractivity contribution is 1.30. The number of hydrogen-bond donors (Lipinski definition) is 0. The minimum absolute atomic E-state index is 1.06. The highest BCUT2D eigenvalue weighted by molar-refractivity contribution is 6.08. The van der Waals surface area contributed by atoms with Gasteiger partial charge >= 0.3 is 0 Å². The second-order valence-corrected chi connectivity index (χ2v) is 14.1. The minimum Gasteiger partial charge on any atom is -0.265 e. The Hall–Kier alpha value is -7.56. The van der Waals surface area contributed by atoms with E-state index in [4.69, 9.17) is 0 Å². The van der Waals surface area contributed by atoms with Crippen molar-refractivity contribution >= 4 is 21.5 Å². The molecule has 0 aliphatic carbocycles. The molecule has 0 saturated carbocycles. The molecule has 56 heavy (non-hydrogen) atoms. The molecule has 4 aromatic heterocycles. The fraction of sp³-hybridized carbons (Fsp3) is 0. The molecule has 0 spiro atoms. The first kappa shape index (κ1) is 33.0. The fourth-order valence-electron chi connectivity index (χ4n) is 7.67. The monoisotopic (exact) mass is 714 g/mol. The Kier molecular flexibility index (Phi) is 8.47. The van der Waals surface area contributed by atoms with Gasteiger partial charge in [0.05, 0.1) is 0 Å². The zero-order valence-electron chi connectivity index (χ0n) is 30.4. The van der Waals surface area contributed by atoms with Crippen molar-refractivity contribution in [1.29, 1.82) is 0 Å². The van der Waals surface area contributed by atoms with Crippen LogP contribution in [0.3, 0.4) is 0 Å². The van der Waals surface area contributed by atoms with Gasteiger partial charge in [-0.3, -0.25) is 19.9 Å². The van der Waals surface area contributed by atoms with Gasteiger partial charge in [0.15, 0.2) is 0 Å². The highest BCUT2D eigenvalue weighted by Crippen LogP contribution is 2.38. The van der Waals surface area contributed by atoms with E-state index in [2.05, 4.69) is 153 Å². The van der Waals surface area contributed by atoms with Crippen molar-refractivity contribution in [2.24, 2.45) is 0 Å². The van der Waals surface area contributed by atoms with Gasteiger partial charge in [-0.2, -0.15) is 0 Å². The molecule has 0 unspecified atom stereocenters. The van der Waals surface area contributed by atoms with Gasteiger partial charge in [0.1, 0.15) is 0 Å². The summed E-state index contributed by atoms with van der Waals surface area (Å²) in [6.07, 6.45) is 15.0. The summed E-state index contributed by atoms with van der Waals surface area (Å²) < 4.78 is 0. The molecule has 0 saturated heterocycles. The highest BCUT2D eigenvalue weighted by atomic mass is 14.6. The van der Waals surface area contributed by atoms with Gasteiger partial charge in [0.2, 0.25) is 0 Å². The van der Waals surface area contributed by atoms with E-state index in [-0.39, 0.29) is 0 Å². The van der Waals surface area contributed by atoms with E-state index in [1.54, 1.807) is 0 Å². The molecule has 0 atom stereocenters. The van der Waals surface area contributed by atoms with Crippen LogP contribution in [0.15, 0.2) is 207 Å². The summed E-state index contributed by atoms with van der Waals surface area (Å²) in [4.78, 5) is 17.6. The zero-order valence-corrected chi connectivity index (χ0v) is 30.4. The molecule has 10 rings (SSSR count). The van der Waals surface area contributed by atoms with E-state index in [1.165, 1.54) is 27.1 Å². The fourth-order valence-corrected chi connectivity index (χ4v) is 7.67. The van der Waals surface area contributed by atoms with Crippen LogP contribution in [0.1, 0.15) is 0 Å². The third kappa shape index (κ3) is 6.50. The molecule has 262 valence electrons. The molecule has 0 aliphatic rings. The zero-order chi connectivity index (χ0) is 37.3. The van der Waals surface area contributed by atoms with Gasteiger partial charge in [-0.15, -0.1) is 0 Å². The van der Waals surface area contributed by atoms with Crippen LogP contribution in [-0.2, 0) is 0 Å². The van der Waals surface area contributed by atoms with Crippen molar-refractivity contribution in [3.63, 3.8) is 0 Å². The van der Waals surface area contributed by atoms with Gasteiger partial charge in [0.25, 0.3) is 0 Å². The predicted molar refractivity (Wildman–Crippen MR) is 231 cm³/mol. The maximum absolute atomic E-state index is 4.62. The topological polar surface area (TPSA) is 51.6 Å². The average Bonchev–Trinajstić information content (AvgIpc) is 3.29. The molecule has 4 heterocycles. The molecule has 0 radical (unpaired) electrons. The Morgan fingerprint density at radius 2 is 0.589 bits per heavy atom. The molecule has 6 aromatic carbocycles. The summed E-state index contributed by atoms with van der Waals surface area (Å²) in [6.45, 7) is 0. The number of hydrogen-bond acceptors (Lipinski definition) is 4. The molecule has 0 bridgehead atoms.